The molecule has 10 atom stereocenters. The Labute approximate surface area is 202 Å². The molecule has 9 nitrogen and oxygen atoms in total. The zero-order valence-corrected chi connectivity index (χ0v) is 20.2. The van der Waals surface area contributed by atoms with Crippen molar-refractivity contribution in [2.75, 3.05) is 6.61 Å². The quantitative estimate of drug-likeness (QED) is 0.469. The summed E-state index contributed by atoms with van der Waals surface area (Å²) in [5, 5.41) is 11.9. The van der Waals surface area contributed by atoms with Crippen LogP contribution in [0.3, 0.4) is 0 Å². The van der Waals surface area contributed by atoms with Crippen LogP contribution in [0.2, 0.25) is 0 Å². The minimum absolute atomic E-state index is 0.00591. The van der Waals surface area contributed by atoms with Gasteiger partial charge in [0.05, 0.1) is 47.6 Å². The minimum Gasteiger partial charge on any atom is -0.472 e. The first-order valence-electron chi connectivity index (χ1n) is 12.4. The second-order valence-corrected chi connectivity index (χ2v) is 12.3. The molecule has 0 amide bonds. The van der Waals surface area contributed by atoms with Crippen molar-refractivity contribution in [1.82, 2.24) is 0 Å². The summed E-state index contributed by atoms with van der Waals surface area (Å²) in [6, 6.07) is 1.71. The van der Waals surface area contributed by atoms with Gasteiger partial charge in [-0.15, -0.1) is 0 Å². The number of cyclic esters (lactones) is 2. The first kappa shape index (κ1) is 22.0. The summed E-state index contributed by atoms with van der Waals surface area (Å²) >= 11 is 0. The molecule has 0 radical (unpaired) electrons. The molecular formula is C26H30O9. The van der Waals surface area contributed by atoms with Crippen molar-refractivity contribution in [2.24, 2.45) is 28.1 Å². The molecule has 2 aliphatic carbocycles. The largest absolute Gasteiger partial charge is 0.472 e. The van der Waals surface area contributed by atoms with Crippen LogP contribution in [0.25, 0.3) is 0 Å². The van der Waals surface area contributed by atoms with Crippen molar-refractivity contribution >= 4 is 17.7 Å². The van der Waals surface area contributed by atoms with Crippen LogP contribution < -0.4 is 0 Å². The number of carbonyl (C=O) groups excluding carboxylic acids is 3. The number of ketones is 1. The number of esters is 2. The van der Waals surface area contributed by atoms with Crippen LogP contribution in [0.4, 0.5) is 0 Å². The average Bonchev–Trinajstić information content (AvgIpc) is 3.28. The molecule has 4 saturated heterocycles. The maximum atomic E-state index is 14.3. The molecule has 1 aromatic heterocycles. The van der Waals surface area contributed by atoms with Crippen LogP contribution in [-0.2, 0) is 33.3 Å². The molecule has 0 aromatic carbocycles. The predicted molar refractivity (Wildman–Crippen MR) is 116 cm³/mol. The number of aliphatic hydroxyl groups excluding tert-OH is 1. The van der Waals surface area contributed by atoms with Crippen LogP contribution in [0.15, 0.2) is 23.0 Å². The fourth-order valence-electron chi connectivity index (χ4n) is 9.28. The van der Waals surface area contributed by atoms with Gasteiger partial charge in [-0.3, -0.25) is 9.59 Å². The number of aliphatic hydroxyl groups is 1. The highest BCUT2D eigenvalue weighted by molar-refractivity contribution is 5.93. The summed E-state index contributed by atoms with van der Waals surface area (Å²) in [7, 11) is 0. The first-order chi connectivity index (χ1) is 16.4. The molecule has 4 aliphatic heterocycles. The molecule has 2 saturated carbocycles. The standard InChI is InChI=1S/C26H30O9/c1-22(2)13-7-15(27)23(3)14(25(13)11-32-18(29)9-17(25)34-22)8-16(28)24(4)19(12-5-6-31-10-12)33-21(30)20-26(23,24)35-20/h5-6,10,13-14,16-17,19-20,28H,7-9,11H2,1-4H3/t13-,14-,16-,17-,19-,20+,23-,24-,25-,26+/m0/s1. The molecule has 6 aliphatic rings. The van der Waals surface area contributed by atoms with Crippen LogP contribution in [-0.4, -0.2) is 58.9 Å². The Balaban J connectivity index is 1.44. The molecule has 0 bridgehead atoms. The molecule has 0 unspecified atom stereocenters. The SMILES string of the molecule is CC1(C)O[C@H]2CC(=O)OC[C@]23[C@H]2C[C@H](O)[C@@]4(C)[C@H](c5ccoc5)OC(=O)[C@H]5O[C@@]54[C@]2(C)C(=O)C[C@@H]13. The lowest BCUT2D eigenvalue weighted by Gasteiger charge is -2.66. The van der Waals surface area contributed by atoms with Crippen LogP contribution in [0.5, 0.6) is 0 Å². The fourth-order valence-corrected chi connectivity index (χ4v) is 9.28. The maximum Gasteiger partial charge on any atom is 0.339 e. The number of furan rings is 1. The Morgan fingerprint density at radius 3 is 2.49 bits per heavy atom. The lowest BCUT2D eigenvalue weighted by atomic mass is 9.36. The Bertz CT molecular complexity index is 1160. The van der Waals surface area contributed by atoms with E-state index in [1.165, 1.54) is 12.5 Å². The summed E-state index contributed by atoms with van der Waals surface area (Å²) in [6.07, 6.45) is 0.415. The molecule has 35 heavy (non-hydrogen) atoms. The second-order valence-electron chi connectivity index (χ2n) is 12.3. The lowest BCUT2D eigenvalue weighted by Crippen LogP contribution is -2.75. The lowest BCUT2D eigenvalue weighted by molar-refractivity contribution is -0.252. The van der Waals surface area contributed by atoms with Crippen LogP contribution in [0.1, 0.15) is 58.6 Å². The van der Waals surface area contributed by atoms with Crippen LogP contribution in [0, 0.1) is 28.1 Å². The number of ether oxygens (including phenoxy) is 4. The van der Waals surface area contributed by atoms with Crippen molar-refractivity contribution < 1.29 is 42.9 Å². The van der Waals surface area contributed by atoms with Gasteiger partial charge >= 0.3 is 11.9 Å². The first-order valence-corrected chi connectivity index (χ1v) is 12.4. The number of epoxide rings is 1. The topological polar surface area (TPSA) is 125 Å². The maximum absolute atomic E-state index is 14.3. The average molecular weight is 487 g/mol. The van der Waals surface area contributed by atoms with E-state index in [1.54, 1.807) is 6.07 Å². The number of carbonyl (C=O) groups is 3. The van der Waals surface area contributed by atoms with E-state index >= 15 is 0 Å². The molecule has 1 N–H and O–H groups in total. The molecule has 6 fully saturated rings. The summed E-state index contributed by atoms with van der Waals surface area (Å²) < 4.78 is 29.5. The number of fused-ring (bicyclic) bond motifs is 1. The molecule has 1 aromatic rings. The van der Waals surface area contributed by atoms with E-state index in [9.17, 15) is 19.5 Å². The molecule has 2 spiro atoms. The summed E-state index contributed by atoms with van der Waals surface area (Å²) in [6.45, 7) is 7.79. The van der Waals surface area contributed by atoms with Gasteiger partial charge in [-0.2, -0.15) is 0 Å². The Hall–Kier alpha value is -2.23. The third-order valence-corrected chi connectivity index (χ3v) is 10.9. The molecular weight excluding hydrogens is 456 g/mol. The molecule has 9 heteroatoms. The van der Waals surface area contributed by atoms with Crippen molar-refractivity contribution in [1.29, 1.82) is 0 Å². The zero-order chi connectivity index (χ0) is 24.8. The summed E-state index contributed by atoms with van der Waals surface area (Å²) in [5.74, 6) is -1.47. The van der Waals surface area contributed by atoms with Gasteiger partial charge in [0.15, 0.2) is 6.10 Å². The van der Waals surface area contributed by atoms with E-state index in [-0.39, 0.29) is 43.5 Å². The number of Topliss-reactive ketones (excluding diaryl/α,β-unsaturated/α-hetero) is 1. The summed E-state index contributed by atoms with van der Waals surface area (Å²) in [5.41, 5.74) is -4.15. The normalized spacial score (nSPS) is 53.3. The Morgan fingerprint density at radius 2 is 1.77 bits per heavy atom. The van der Waals surface area contributed by atoms with Crippen molar-refractivity contribution in [2.45, 2.75) is 82.6 Å². The number of hydrogen-bond donors (Lipinski definition) is 1. The second kappa shape index (κ2) is 6.18. The number of hydrogen-bond acceptors (Lipinski definition) is 9. The van der Waals surface area contributed by atoms with Gasteiger partial charge in [0, 0.05) is 23.3 Å². The monoisotopic (exact) mass is 486 g/mol. The van der Waals surface area contributed by atoms with Crippen molar-refractivity contribution in [3.63, 3.8) is 0 Å². The van der Waals surface area contributed by atoms with Gasteiger partial charge in [0.25, 0.3) is 0 Å². The van der Waals surface area contributed by atoms with E-state index in [0.717, 1.165) is 0 Å². The Morgan fingerprint density at radius 1 is 1.00 bits per heavy atom. The van der Waals surface area contributed by atoms with E-state index in [0.29, 0.717) is 5.56 Å². The van der Waals surface area contributed by atoms with Gasteiger partial charge in [0.2, 0.25) is 0 Å². The highest BCUT2D eigenvalue weighted by Gasteiger charge is 2.91. The smallest absolute Gasteiger partial charge is 0.339 e. The van der Waals surface area contributed by atoms with E-state index in [2.05, 4.69) is 0 Å². The minimum atomic E-state index is -1.25. The van der Waals surface area contributed by atoms with Gasteiger partial charge in [-0.1, -0.05) is 6.92 Å². The van der Waals surface area contributed by atoms with Gasteiger partial charge in [-0.05, 0) is 39.2 Å². The van der Waals surface area contributed by atoms with E-state index < -0.39 is 63.8 Å². The van der Waals surface area contributed by atoms with Gasteiger partial charge < -0.3 is 28.5 Å². The molecule has 5 heterocycles. The van der Waals surface area contributed by atoms with Crippen molar-refractivity contribution in [3.05, 3.63) is 24.2 Å². The van der Waals surface area contributed by atoms with E-state index in [1.807, 2.05) is 27.7 Å². The highest BCUT2D eigenvalue weighted by Crippen LogP contribution is 2.79. The summed E-state index contributed by atoms with van der Waals surface area (Å²) in [4.78, 5) is 39.7. The predicted octanol–water partition coefficient (Wildman–Crippen LogP) is 2.11. The molecule has 188 valence electrons. The van der Waals surface area contributed by atoms with Gasteiger partial charge in [-0.25, -0.2) is 4.79 Å². The van der Waals surface area contributed by atoms with Crippen LogP contribution >= 0.6 is 0 Å². The zero-order valence-electron chi connectivity index (χ0n) is 20.2. The van der Waals surface area contributed by atoms with Gasteiger partial charge in [0.1, 0.15) is 24.1 Å². The highest BCUT2D eigenvalue weighted by atomic mass is 16.7. The third-order valence-electron chi connectivity index (χ3n) is 10.9. The van der Waals surface area contributed by atoms with E-state index in [4.69, 9.17) is 23.4 Å². The third kappa shape index (κ3) is 2.14. The fraction of sp³-hybridized carbons (Fsp3) is 0.731. The Kier molecular flexibility index (Phi) is 3.88. The van der Waals surface area contributed by atoms with Crippen molar-refractivity contribution in [3.8, 4) is 0 Å². The molecule has 7 rings (SSSR count). The number of rotatable bonds is 1.